The molecular weight excluding hydrogens is 315 g/mol. The standard InChI is InChI=1S/C13H27BO4Si3/c1-19(2,3)17-21(6,7)18-20(4,5)13-10-8-12(9-11-13)14(15)16/h8-11,15-16H,1-7H3. The van der Waals surface area contributed by atoms with Crippen molar-refractivity contribution in [2.24, 2.45) is 0 Å². The van der Waals surface area contributed by atoms with E-state index in [0.717, 1.165) is 5.19 Å². The van der Waals surface area contributed by atoms with Gasteiger partial charge in [-0.3, -0.25) is 0 Å². The summed E-state index contributed by atoms with van der Waals surface area (Å²) < 4.78 is 12.7. The monoisotopic (exact) mass is 342 g/mol. The Morgan fingerprint density at radius 2 is 1.29 bits per heavy atom. The van der Waals surface area contributed by atoms with E-state index < -0.39 is 32.3 Å². The quantitative estimate of drug-likeness (QED) is 0.766. The van der Waals surface area contributed by atoms with Gasteiger partial charge in [-0.1, -0.05) is 24.3 Å². The molecule has 0 radical (unpaired) electrons. The number of rotatable bonds is 6. The fourth-order valence-electron chi connectivity index (χ4n) is 2.49. The highest BCUT2D eigenvalue weighted by Crippen LogP contribution is 2.20. The lowest BCUT2D eigenvalue weighted by Crippen LogP contribution is -2.56. The lowest BCUT2D eigenvalue weighted by atomic mass is 9.81. The molecule has 4 nitrogen and oxygen atoms in total. The Morgan fingerprint density at radius 1 is 0.810 bits per heavy atom. The topological polar surface area (TPSA) is 58.9 Å². The molecule has 0 aliphatic heterocycles. The lowest BCUT2D eigenvalue weighted by Gasteiger charge is -2.37. The SMILES string of the molecule is C[Si](C)(C)O[Si](C)(C)O[Si](C)(C)c1ccc(B(O)O)cc1. The Labute approximate surface area is 131 Å². The van der Waals surface area contributed by atoms with Crippen LogP contribution in [0.2, 0.25) is 45.8 Å². The molecule has 0 amide bonds. The predicted molar refractivity (Wildman–Crippen MR) is 96.4 cm³/mol. The summed E-state index contributed by atoms with van der Waals surface area (Å²) in [7, 11) is -7.29. The molecule has 0 saturated heterocycles. The molecule has 118 valence electrons. The van der Waals surface area contributed by atoms with Crippen molar-refractivity contribution in [3.8, 4) is 0 Å². The zero-order valence-electron chi connectivity index (χ0n) is 14.1. The molecule has 21 heavy (non-hydrogen) atoms. The molecule has 1 aromatic carbocycles. The maximum atomic E-state index is 9.16. The summed E-state index contributed by atoms with van der Waals surface area (Å²) in [5.74, 6) is 0. The molecule has 0 aliphatic carbocycles. The molecule has 0 aliphatic rings. The van der Waals surface area contributed by atoms with Crippen LogP contribution < -0.4 is 10.6 Å². The molecule has 0 spiro atoms. The minimum atomic E-state index is -2.17. The second-order valence-corrected chi connectivity index (χ2v) is 19.5. The van der Waals surface area contributed by atoms with Crippen molar-refractivity contribution in [2.75, 3.05) is 0 Å². The number of hydrogen-bond acceptors (Lipinski definition) is 4. The Balaban J connectivity index is 2.90. The van der Waals surface area contributed by atoms with Crippen molar-refractivity contribution >= 4 is 43.0 Å². The van der Waals surface area contributed by atoms with Crippen molar-refractivity contribution in [3.63, 3.8) is 0 Å². The van der Waals surface area contributed by atoms with E-state index in [0.29, 0.717) is 5.46 Å². The minimum Gasteiger partial charge on any atom is -0.437 e. The maximum Gasteiger partial charge on any atom is 0.488 e. The van der Waals surface area contributed by atoms with E-state index in [1.165, 1.54) is 0 Å². The first-order chi connectivity index (χ1) is 9.32. The molecule has 2 N–H and O–H groups in total. The van der Waals surface area contributed by atoms with Crippen LogP contribution in [0.4, 0.5) is 0 Å². The van der Waals surface area contributed by atoms with Gasteiger partial charge in [-0.05, 0) is 56.5 Å². The average Bonchev–Trinajstić information content (AvgIpc) is 2.24. The van der Waals surface area contributed by atoms with Crippen LogP contribution in [0.5, 0.6) is 0 Å². The highest BCUT2D eigenvalue weighted by molar-refractivity contribution is 6.93. The van der Waals surface area contributed by atoms with Crippen molar-refractivity contribution < 1.29 is 18.3 Å². The molecule has 0 fully saturated rings. The van der Waals surface area contributed by atoms with E-state index in [2.05, 4.69) is 45.8 Å². The van der Waals surface area contributed by atoms with Crippen LogP contribution in [0.15, 0.2) is 24.3 Å². The van der Waals surface area contributed by atoms with Gasteiger partial charge in [0.05, 0.1) is 0 Å². The van der Waals surface area contributed by atoms with Crippen LogP contribution in [0.1, 0.15) is 0 Å². The van der Waals surface area contributed by atoms with E-state index in [1.54, 1.807) is 12.1 Å². The second-order valence-electron chi connectivity index (χ2n) is 7.22. The van der Waals surface area contributed by atoms with E-state index in [4.69, 9.17) is 18.3 Å². The molecule has 0 saturated carbocycles. The summed E-state index contributed by atoms with van der Waals surface area (Å²) in [5, 5.41) is 19.4. The van der Waals surface area contributed by atoms with Crippen molar-refractivity contribution in [3.05, 3.63) is 24.3 Å². The van der Waals surface area contributed by atoms with E-state index >= 15 is 0 Å². The van der Waals surface area contributed by atoms with Crippen LogP contribution in [0.25, 0.3) is 0 Å². The second kappa shape index (κ2) is 6.49. The minimum absolute atomic E-state index is 0.499. The average molecular weight is 342 g/mol. The van der Waals surface area contributed by atoms with Crippen molar-refractivity contribution in [2.45, 2.75) is 45.8 Å². The van der Waals surface area contributed by atoms with Gasteiger partial charge < -0.3 is 18.3 Å². The number of benzene rings is 1. The highest BCUT2D eigenvalue weighted by atomic mass is 28.5. The van der Waals surface area contributed by atoms with Crippen molar-refractivity contribution in [1.82, 2.24) is 0 Å². The Kier molecular flexibility index (Phi) is 5.82. The fraction of sp³-hybridized carbons (Fsp3) is 0.538. The van der Waals surface area contributed by atoms with Crippen LogP contribution in [0.3, 0.4) is 0 Å². The molecule has 1 rings (SSSR count). The molecule has 0 heterocycles. The van der Waals surface area contributed by atoms with Gasteiger partial charge in [0.2, 0.25) is 8.32 Å². The highest BCUT2D eigenvalue weighted by Gasteiger charge is 2.38. The zero-order chi connectivity index (χ0) is 16.5. The van der Waals surface area contributed by atoms with Gasteiger partial charge in [0.15, 0.2) is 8.32 Å². The first-order valence-electron chi connectivity index (χ1n) is 7.19. The van der Waals surface area contributed by atoms with Crippen LogP contribution in [0, 0.1) is 0 Å². The predicted octanol–water partition coefficient (Wildman–Crippen LogP) is 1.35. The van der Waals surface area contributed by atoms with Crippen LogP contribution in [-0.2, 0) is 8.23 Å². The van der Waals surface area contributed by atoms with Crippen LogP contribution in [-0.4, -0.2) is 42.4 Å². The Hall–Kier alpha value is -0.224. The number of hydrogen-bond donors (Lipinski definition) is 2. The van der Waals surface area contributed by atoms with E-state index in [-0.39, 0.29) is 0 Å². The molecule has 8 heteroatoms. The first kappa shape index (κ1) is 18.8. The summed E-state index contributed by atoms with van der Waals surface area (Å²) >= 11 is 0. The smallest absolute Gasteiger partial charge is 0.437 e. The van der Waals surface area contributed by atoms with Gasteiger partial charge in [0.25, 0.3) is 0 Å². The lowest BCUT2D eigenvalue weighted by molar-refractivity contribution is 0.398. The molecular formula is C13H27BO4Si3. The molecule has 0 unspecified atom stereocenters. The molecule has 0 atom stereocenters. The van der Waals surface area contributed by atoms with E-state index in [1.807, 2.05) is 12.1 Å². The van der Waals surface area contributed by atoms with Gasteiger partial charge in [-0.2, -0.15) is 0 Å². The molecule has 0 bridgehead atoms. The maximum absolute atomic E-state index is 9.16. The largest absolute Gasteiger partial charge is 0.488 e. The van der Waals surface area contributed by atoms with Gasteiger partial charge in [-0.25, -0.2) is 0 Å². The summed E-state index contributed by atoms with van der Waals surface area (Å²) in [4.78, 5) is 0. The Morgan fingerprint density at radius 3 is 1.67 bits per heavy atom. The molecule has 0 aromatic heterocycles. The summed E-state index contributed by atoms with van der Waals surface area (Å²) in [6.07, 6.45) is 0. The summed E-state index contributed by atoms with van der Waals surface area (Å²) in [5.41, 5.74) is 0.499. The van der Waals surface area contributed by atoms with Gasteiger partial charge in [0, 0.05) is 0 Å². The van der Waals surface area contributed by atoms with Gasteiger partial charge in [-0.15, -0.1) is 0 Å². The zero-order valence-corrected chi connectivity index (χ0v) is 17.1. The van der Waals surface area contributed by atoms with Gasteiger partial charge >= 0.3 is 15.7 Å². The molecule has 1 aromatic rings. The fourth-order valence-corrected chi connectivity index (χ4v) is 15.3. The third kappa shape index (κ3) is 6.19. The summed E-state index contributed by atoms with van der Waals surface area (Å²) in [6.45, 7) is 15.0. The summed E-state index contributed by atoms with van der Waals surface area (Å²) in [6, 6.07) is 7.35. The van der Waals surface area contributed by atoms with Crippen LogP contribution >= 0.6 is 0 Å². The Bertz CT molecular complexity index is 469. The van der Waals surface area contributed by atoms with E-state index in [9.17, 15) is 0 Å². The first-order valence-corrected chi connectivity index (χ1v) is 16.3. The normalized spacial score (nSPS) is 13.4. The van der Waals surface area contributed by atoms with Gasteiger partial charge in [0.1, 0.15) is 0 Å². The third-order valence-corrected chi connectivity index (χ3v) is 13.1. The third-order valence-electron chi connectivity index (χ3n) is 2.96. The van der Waals surface area contributed by atoms with Crippen molar-refractivity contribution in [1.29, 1.82) is 0 Å².